The van der Waals surface area contributed by atoms with Crippen LogP contribution in [0.3, 0.4) is 0 Å². The zero-order valence-electron chi connectivity index (χ0n) is 16.4. The first-order chi connectivity index (χ1) is 10.7. The van der Waals surface area contributed by atoms with E-state index in [0.29, 0.717) is 49.5 Å². The highest BCUT2D eigenvalue weighted by Gasteiger charge is 2.27. The number of nitrogens with zero attached hydrogens (tertiary/aromatic N) is 2. The molecule has 0 aliphatic heterocycles. The second-order valence-electron chi connectivity index (χ2n) is 7.40. The van der Waals surface area contributed by atoms with E-state index in [1.165, 1.54) is 6.42 Å². The molecule has 0 amide bonds. The molecule has 136 valence electrons. The van der Waals surface area contributed by atoms with Crippen LogP contribution in [0.4, 0.5) is 0 Å². The Morgan fingerprint density at radius 2 is 1.52 bits per heavy atom. The summed E-state index contributed by atoms with van der Waals surface area (Å²) in [5, 5.41) is 8.73. The topological polar surface area (TPSA) is 45.5 Å². The molecule has 0 N–H and O–H groups in total. The fourth-order valence-corrected chi connectivity index (χ4v) is 4.20. The Balaban J connectivity index is 4.65. The van der Waals surface area contributed by atoms with E-state index in [4.69, 9.17) is 14.3 Å². The van der Waals surface area contributed by atoms with E-state index in [1.54, 1.807) is 0 Å². The highest BCUT2D eigenvalue weighted by Crippen LogP contribution is 2.46. The predicted molar refractivity (Wildman–Crippen MR) is 98.9 cm³/mol. The average molecular weight is 344 g/mol. The van der Waals surface area contributed by atoms with Gasteiger partial charge in [0.05, 0.1) is 25.7 Å². The van der Waals surface area contributed by atoms with Gasteiger partial charge in [0.2, 0.25) is 0 Å². The van der Waals surface area contributed by atoms with Gasteiger partial charge in [-0.1, -0.05) is 27.7 Å². The van der Waals surface area contributed by atoms with Crippen molar-refractivity contribution in [1.29, 1.82) is 5.26 Å². The first kappa shape index (κ1) is 22.8. The van der Waals surface area contributed by atoms with Crippen molar-refractivity contribution in [3.63, 3.8) is 0 Å². The monoisotopic (exact) mass is 344 g/mol. The Morgan fingerprint density at radius 1 is 0.957 bits per heavy atom. The Hall–Kier alpha value is -0.200. The van der Waals surface area contributed by atoms with Crippen LogP contribution >= 0.6 is 8.53 Å². The summed E-state index contributed by atoms with van der Waals surface area (Å²) in [6, 6.07) is 2.84. The Morgan fingerprint density at radius 3 is 1.96 bits per heavy atom. The maximum absolute atomic E-state index is 8.73. The first-order valence-corrected chi connectivity index (χ1v) is 10.0. The summed E-state index contributed by atoms with van der Waals surface area (Å²) in [4.78, 5) is 0. The molecule has 0 fully saturated rings. The van der Waals surface area contributed by atoms with Gasteiger partial charge in [-0.2, -0.15) is 5.26 Å². The minimum atomic E-state index is -1.11. The van der Waals surface area contributed by atoms with Crippen LogP contribution in [0, 0.1) is 29.1 Å². The third kappa shape index (κ3) is 9.62. The number of rotatable bonds is 12. The molecule has 0 spiro atoms. The van der Waals surface area contributed by atoms with Crippen LogP contribution < -0.4 is 0 Å². The van der Waals surface area contributed by atoms with Gasteiger partial charge in [0.1, 0.15) is 0 Å². The van der Waals surface area contributed by atoms with Crippen LogP contribution in [0.15, 0.2) is 0 Å². The van der Waals surface area contributed by atoms with E-state index in [2.05, 4.69) is 66.1 Å². The van der Waals surface area contributed by atoms with Gasteiger partial charge in [-0.05, 0) is 51.9 Å². The molecule has 0 rings (SSSR count). The summed E-state index contributed by atoms with van der Waals surface area (Å²) in [7, 11) is -1.11. The number of hydrogen-bond acceptors (Lipinski definition) is 4. The van der Waals surface area contributed by atoms with Crippen LogP contribution in [0.5, 0.6) is 0 Å². The molecule has 3 atom stereocenters. The Kier molecular flexibility index (Phi) is 12.1. The fourth-order valence-electron chi connectivity index (χ4n) is 2.48. The molecule has 0 heterocycles. The molecule has 0 aliphatic carbocycles. The molecule has 0 saturated heterocycles. The maximum Gasteiger partial charge on any atom is 0.259 e. The number of hydrogen-bond donors (Lipinski definition) is 0. The summed E-state index contributed by atoms with van der Waals surface area (Å²) in [5.41, 5.74) is 0. The van der Waals surface area contributed by atoms with E-state index >= 15 is 0 Å². The summed E-state index contributed by atoms with van der Waals surface area (Å²) >= 11 is 0. The summed E-state index contributed by atoms with van der Waals surface area (Å²) < 4.78 is 14.4. The van der Waals surface area contributed by atoms with Crippen molar-refractivity contribution < 1.29 is 9.05 Å². The molecular formula is C18H37N2O2P. The molecule has 0 aromatic carbocycles. The zero-order chi connectivity index (χ0) is 18.0. The van der Waals surface area contributed by atoms with Crippen LogP contribution in [0.2, 0.25) is 0 Å². The normalized spacial score (nSPS) is 16.1. The van der Waals surface area contributed by atoms with Crippen molar-refractivity contribution in [1.82, 2.24) is 4.67 Å². The smallest absolute Gasteiger partial charge is 0.259 e. The van der Waals surface area contributed by atoms with Crippen molar-refractivity contribution in [3.05, 3.63) is 0 Å². The SMILES string of the molecule is CC(COP(OCCC#N)N(C(C)C)C(C)C)CC(C)C(C)C. The Labute approximate surface area is 145 Å². The minimum Gasteiger partial charge on any atom is -0.322 e. The third-order valence-electron chi connectivity index (χ3n) is 4.04. The highest BCUT2D eigenvalue weighted by molar-refractivity contribution is 7.44. The molecule has 5 heteroatoms. The van der Waals surface area contributed by atoms with E-state index in [1.807, 2.05) is 0 Å². The number of nitriles is 1. The van der Waals surface area contributed by atoms with Gasteiger partial charge in [-0.3, -0.25) is 0 Å². The van der Waals surface area contributed by atoms with Crippen LogP contribution in [-0.4, -0.2) is 30.0 Å². The molecule has 4 nitrogen and oxygen atoms in total. The highest BCUT2D eigenvalue weighted by atomic mass is 31.2. The van der Waals surface area contributed by atoms with Crippen molar-refractivity contribution in [3.8, 4) is 6.07 Å². The van der Waals surface area contributed by atoms with E-state index in [-0.39, 0.29) is 0 Å². The molecule has 0 bridgehead atoms. The van der Waals surface area contributed by atoms with E-state index < -0.39 is 8.53 Å². The summed E-state index contributed by atoms with van der Waals surface area (Å²) in [5.74, 6) is 1.91. The largest absolute Gasteiger partial charge is 0.322 e. The molecule has 23 heavy (non-hydrogen) atoms. The molecule has 0 aliphatic rings. The Bertz CT molecular complexity index is 334. The van der Waals surface area contributed by atoms with E-state index in [9.17, 15) is 0 Å². The van der Waals surface area contributed by atoms with Gasteiger partial charge < -0.3 is 9.05 Å². The second kappa shape index (κ2) is 12.2. The van der Waals surface area contributed by atoms with E-state index in [0.717, 1.165) is 0 Å². The lowest BCUT2D eigenvalue weighted by molar-refractivity contribution is 0.152. The molecule has 0 radical (unpaired) electrons. The minimum absolute atomic E-state index is 0.355. The summed E-state index contributed by atoms with van der Waals surface area (Å²) in [6.45, 7) is 18.9. The van der Waals surface area contributed by atoms with Crippen molar-refractivity contribution in [2.45, 2.75) is 80.3 Å². The van der Waals surface area contributed by atoms with Crippen LogP contribution in [-0.2, 0) is 9.05 Å². The molecule has 0 saturated carbocycles. The molecule has 0 aromatic heterocycles. The fraction of sp³-hybridized carbons (Fsp3) is 0.944. The van der Waals surface area contributed by atoms with Gasteiger partial charge >= 0.3 is 0 Å². The van der Waals surface area contributed by atoms with Gasteiger partial charge in [0.15, 0.2) is 0 Å². The maximum atomic E-state index is 8.73. The first-order valence-electron chi connectivity index (χ1n) is 8.91. The predicted octanol–water partition coefficient (Wildman–Crippen LogP) is 5.60. The summed E-state index contributed by atoms with van der Waals surface area (Å²) in [6.07, 6.45) is 1.58. The quantitative estimate of drug-likeness (QED) is 0.341. The average Bonchev–Trinajstić information content (AvgIpc) is 2.43. The van der Waals surface area contributed by atoms with Crippen molar-refractivity contribution in [2.75, 3.05) is 13.2 Å². The van der Waals surface area contributed by atoms with Gasteiger partial charge in [0.25, 0.3) is 8.53 Å². The van der Waals surface area contributed by atoms with Crippen LogP contribution in [0.1, 0.15) is 68.2 Å². The molecule has 3 unspecified atom stereocenters. The van der Waals surface area contributed by atoms with Crippen molar-refractivity contribution in [2.24, 2.45) is 17.8 Å². The second-order valence-corrected chi connectivity index (χ2v) is 8.86. The van der Waals surface area contributed by atoms with Gasteiger partial charge in [-0.15, -0.1) is 0 Å². The van der Waals surface area contributed by atoms with Crippen LogP contribution in [0.25, 0.3) is 0 Å². The lowest BCUT2D eigenvalue weighted by Gasteiger charge is -2.36. The third-order valence-corrected chi connectivity index (χ3v) is 6.12. The van der Waals surface area contributed by atoms with Gasteiger partial charge in [0, 0.05) is 12.1 Å². The standard InChI is InChI=1S/C18H37N2O2P/c1-14(2)18(8)12-17(7)13-22-23(21-11-9-10-19)20(15(3)4)16(5)6/h14-18H,9,11-13H2,1-8H3. The lowest BCUT2D eigenvalue weighted by atomic mass is 9.89. The molecular weight excluding hydrogens is 307 g/mol. The zero-order valence-corrected chi connectivity index (χ0v) is 17.3. The molecule has 0 aromatic rings. The lowest BCUT2D eigenvalue weighted by Crippen LogP contribution is -2.34. The van der Waals surface area contributed by atoms with Crippen molar-refractivity contribution >= 4 is 8.53 Å². The van der Waals surface area contributed by atoms with Gasteiger partial charge in [-0.25, -0.2) is 4.67 Å².